The fourth-order valence-corrected chi connectivity index (χ4v) is 3.20. The van der Waals surface area contributed by atoms with Gasteiger partial charge in [0.05, 0.1) is 12.2 Å². The van der Waals surface area contributed by atoms with Gasteiger partial charge in [-0.1, -0.05) is 30.3 Å². The summed E-state index contributed by atoms with van der Waals surface area (Å²) in [5.74, 6) is 0. The molecule has 1 fully saturated rings. The molecule has 0 aliphatic carbocycles. The molecule has 1 saturated heterocycles. The van der Waals surface area contributed by atoms with Gasteiger partial charge in [-0.05, 0) is 19.5 Å². The molecule has 1 aliphatic rings. The zero-order valence-corrected chi connectivity index (χ0v) is 14.4. The molecule has 1 heterocycles. The highest BCUT2D eigenvalue weighted by Gasteiger charge is 2.20. The number of benzene rings is 1. The maximum Gasteiger partial charge on any atom is 0.0793 e. The smallest absolute Gasteiger partial charge is 0.0793 e. The minimum Gasteiger partial charge on any atom is -0.392 e. The van der Waals surface area contributed by atoms with Crippen LogP contribution in [0.1, 0.15) is 12.5 Å². The second-order valence-electron chi connectivity index (χ2n) is 6.79. The first kappa shape index (κ1) is 18.4. The summed E-state index contributed by atoms with van der Waals surface area (Å²) in [5.41, 5.74) is 1.27. The molecule has 1 aromatic rings. The van der Waals surface area contributed by atoms with Gasteiger partial charge in [-0.2, -0.15) is 0 Å². The zero-order chi connectivity index (χ0) is 16.7. The third kappa shape index (κ3) is 6.97. The Bertz CT molecular complexity index is 433. The van der Waals surface area contributed by atoms with Crippen molar-refractivity contribution in [3.63, 3.8) is 0 Å². The van der Waals surface area contributed by atoms with E-state index >= 15 is 0 Å². The molecule has 130 valence electrons. The van der Waals surface area contributed by atoms with Crippen LogP contribution in [0.25, 0.3) is 0 Å². The van der Waals surface area contributed by atoms with Gasteiger partial charge in [0.2, 0.25) is 0 Å². The van der Waals surface area contributed by atoms with Crippen molar-refractivity contribution in [2.45, 2.75) is 25.7 Å². The van der Waals surface area contributed by atoms with E-state index < -0.39 is 0 Å². The van der Waals surface area contributed by atoms with Crippen molar-refractivity contribution in [2.24, 2.45) is 0 Å². The Hall–Kier alpha value is -0.980. The first-order chi connectivity index (χ1) is 11.0. The summed E-state index contributed by atoms with van der Waals surface area (Å²) in [4.78, 5) is 6.78. The van der Waals surface area contributed by atoms with Crippen LogP contribution in [0.5, 0.6) is 0 Å². The Morgan fingerprint density at radius 1 is 1.00 bits per heavy atom. The summed E-state index contributed by atoms with van der Waals surface area (Å²) in [7, 11) is 2.05. The first-order valence-electron chi connectivity index (χ1n) is 8.56. The SMILES string of the molecule is C[C@@H](O)CN1CCN(C[C@H](O)CN(C)Cc2ccccc2)CC1. The molecule has 2 rings (SSSR count). The molecule has 0 aromatic heterocycles. The third-order valence-electron chi connectivity index (χ3n) is 4.27. The molecule has 0 saturated carbocycles. The molecule has 5 nitrogen and oxygen atoms in total. The molecule has 1 aromatic carbocycles. The number of rotatable bonds is 8. The van der Waals surface area contributed by atoms with Crippen LogP contribution in [-0.4, -0.2) is 90.0 Å². The Balaban J connectivity index is 1.66. The lowest BCUT2D eigenvalue weighted by Crippen LogP contribution is -2.50. The van der Waals surface area contributed by atoms with Crippen LogP contribution < -0.4 is 0 Å². The summed E-state index contributed by atoms with van der Waals surface area (Å²) in [6.07, 6.45) is -0.592. The highest BCUT2D eigenvalue weighted by Crippen LogP contribution is 2.06. The number of likely N-dealkylation sites (N-methyl/N-ethyl adjacent to an activating group) is 1. The molecule has 23 heavy (non-hydrogen) atoms. The highest BCUT2D eigenvalue weighted by atomic mass is 16.3. The van der Waals surface area contributed by atoms with Gasteiger partial charge in [0.15, 0.2) is 0 Å². The van der Waals surface area contributed by atoms with E-state index in [1.807, 2.05) is 25.1 Å². The molecular formula is C18H31N3O2. The average Bonchev–Trinajstić information content (AvgIpc) is 2.49. The molecule has 5 heteroatoms. The summed E-state index contributed by atoms with van der Waals surface area (Å²) in [6.45, 7) is 8.71. The van der Waals surface area contributed by atoms with E-state index in [0.717, 1.165) is 45.8 Å². The topological polar surface area (TPSA) is 50.2 Å². The number of hydrogen-bond acceptors (Lipinski definition) is 5. The van der Waals surface area contributed by atoms with Crippen molar-refractivity contribution in [3.05, 3.63) is 35.9 Å². The van der Waals surface area contributed by atoms with Crippen molar-refractivity contribution >= 4 is 0 Å². The van der Waals surface area contributed by atoms with E-state index in [2.05, 4.69) is 33.9 Å². The molecule has 1 aliphatic heterocycles. The van der Waals surface area contributed by atoms with E-state index in [-0.39, 0.29) is 12.2 Å². The number of hydrogen-bond donors (Lipinski definition) is 2. The van der Waals surface area contributed by atoms with Crippen LogP contribution in [0.3, 0.4) is 0 Å². The number of aliphatic hydroxyl groups excluding tert-OH is 2. The zero-order valence-electron chi connectivity index (χ0n) is 14.4. The van der Waals surface area contributed by atoms with Gasteiger partial charge >= 0.3 is 0 Å². The number of aliphatic hydroxyl groups is 2. The normalized spacial score (nSPS) is 19.9. The molecule has 0 unspecified atom stereocenters. The number of β-amino-alcohol motifs (C(OH)–C–C–N with tert-alkyl or cyclic N) is 2. The Labute approximate surface area is 140 Å². The molecule has 0 bridgehead atoms. The van der Waals surface area contributed by atoms with Gasteiger partial charge in [0.25, 0.3) is 0 Å². The van der Waals surface area contributed by atoms with Gasteiger partial charge in [-0.15, -0.1) is 0 Å². The first-order valence-corrected chi connectivity index (χ1v) is 8.56. The Morgan fingerprint density at radius 2 is 1.57 bits per heavy atom. The molecular weight excluding hydrogens is 290 g/mol. The average molecular weight is 321 g/mol. The monoisotopic (exact) mass is 321 g/mol. The molecule has 2 atom stereocenters. The van der Waals surface area contributed by atoms with Crippen molar-refractivity contribution in [2.75, 3.05) is 52.9 Å². The third-order valence-corrected chi connectivity index (χ3v) is 4.27. The van der Waals surface area contributed by atoms with Gasteiger partial charge in [0, 0.05) is 52.4 Å². The Kier molecular flexibility index (Phi) is 7.46. The maximum atomic E-state index is 10.3. The van der Waals surface area contributed by atoms with E-state index in [9.17, 15) is 10.2 Å². The fourth-order valence-electron chi connectivity index (χ4n) is 3.20. The largest absolute Gasteiger partial charge is 0.392 e. The summed E-state index contributed by atoms with van der Waals surface area (Å²) in [6, 6.07) is 10.3. The van der Waals surface area contributed by atoms with Gasteiger partial charge < -0.3 is 10.2 Å². The van der Waals surface area contributed by atoms with Crippen molar-refractivity contribution in [3.8, 4) is 0 Å². The van der Waals surface area contributed by atoms with Crippen LogP contribution in [0, 0.1) is 0 Å². The molecule has 0 spiro atoms. The van der Waals surface area contributed by atoms with Crippen LogP contribution >= 0.6 is 0 Å². The lowest BCUT2D eigenvalue weighted by atomic mass is 10.2. The van der Waals surface area contributed by atoms with E-state index in [1.54, 1.807) is 0 Å². The second-order valence-corrected chi connectivity index (χ2v) is 6.79. The van der Waals surface area contributed by atoms with Gasteiger partial charge in [-0.3, -0.25) is 14.7 Å². The minimum absolute atomic E-state index is 0.265. The highest BCUT2D eigenvalue weighted by molar-refractivity contribution is 5.14. The summed E-state index contributed by atoms with van der Waals surface area (Å²) in [5, 5.41) is 19.8. The van der Waals surface area contributed by atoms with E-state index in [0.29, 0.717) is 6.54 Å². The number of nitrogens with zero attached hydrogens (tertiary/aromatic N) is 3. The van der Waals surface area contributed by atoms with Crippen molar-refractivity contribution < 1.29 is 10.2 Å². The van der Waals surface area contributed by atoms with Gasteiger partial charge in [-0.25, -0.2) is 0 Å². The predicted molar refractivity (Wildman–Crippen MR) is 93.3 cm³/mol. The molecule has 0 radical (unpaired) electrons. The fraction of sp³-hybridized carbons (Fsp3) is 0.667. The van der Waals surface area contributed by atoms with Gasteiger partial charge in [0.1, 0.15) is 0 Å². The van der Waals surface area contributed by atoms with Crippen LogP contribution in [0.15, 0.2) is 30.3 Å². The van der Waals surface area contributed by atoms with Crippen molar-refractivity contribution in [1.29, 1.82) is 0 Å². The quantitative estimate of drug-likeness (QED) is 0.729. The Morgan fingerprint density at radius 3 is 2.13 bits per heavy atom. The molecule has 0 amide bonds. The molecule has 2 N–H and O–H groups in total. The maximum absolute atomic E-state index is 10.3. The summed E-state index contributed by atoms with van der Waals surface area (Å²) < 4.78 is 0. The standard InChI is InChI=1S/C18H31N3O2/c1-16(22)12-20-8-10-21(11-9-20)15-18(23)14-19(2)13-17-6-4-3-5-7-17/h3-7,16,18,22-23H,8-15H2,1-2H3/t16-,18-/m1/s1. The minimum atomic E-state index is -0.327. The summed E-state index contributed by atoms with van der Waals surface area (Å²) >= 11 is 0. The van der Waals surface area contributed by atoms with Crippen molar-refractivity contribution in [1.82, 2.24) is 14.7 Å². The van der Waals surface area contributed by atoms with E-state index in [1.165, 1.54) is 5.56 Å². The second kappa shape index (κ2) is 9.35. The van der Waals surface area contributed by atoms with Crippen LogP contribution in [0.4, 0.5) is 0 Å². The lowest BCUT2D eigenvalue weighted by Gasteiger charge is -2.36. The van der Waals surface area contributed by atoms with Crippen LogP contribution in [0.2, 0.25) is 0 Å². The lowest BCUT2D eigenvalue weighted by molar-refractivity contribution is 0.0415. The predicted octanol–water partition coefficient (Wildman–Crippen LogP) is 0.478. The van der Waals surface area contributed by atoms with Crippen LogP contribution in [-0.2, 0) is 6.54 Å². The van der Waals surface area contributed by atoms with E-state index in [4.69, 9.17) is 0 Å². The number of piperazine rings is 1.